The number of morpholine rings is 1. The second-order valence-corrected chi connectivity index (χ2v) is 6.91. The molecule has 1 aromatic rings. The van der Waals surface area contributed by atoms with Crippen LogP contribution in [0.2, 0.25) is 0 Å². The summed E-state index contributed by atoms with van der Waals surface area (Å²) >= 11 is 3.51. The van der Waals surface area contributed by atoms with Gasteiger partial charge in [0.1, 0.15) is 44.2 Å². The predicted octanol–water partition coefficient (Wildman–Crippen LogP) is 1.85. The predicted molar refractivity (Wildman–Crippen MR) is 90.8 cm³/mol. The normalized spacial score (nSPS) is 25.2. The fourth-order valence-electron chi connectivity index (χ4n) is 2.85. The monoisotopic (exact) mass is 372 g/mol. The van der Waals surface area contributed by atoms with E-state index in [1.807, 2.05) is 12.1 Å². The molecule has 0 radical (unpaired) electrons. The fourth-order valence-corrected chi connectivity index (χ4v) is 3.45. The largest absolute Gasteiger partial charge is 0.490 e. The zero-order chi connectivity index (χ0) is 15.9. The van der Waals surface area contributed by atoms with Crippen LogP contribution in [-0.2, 0) is 9.47 Å². The summed E-state index contributed by atoms with van der Waals surface area (Å²) in [6.07, 6.45) is 0.696. The van der Waals surface area contributed by atoms with E-state index in [4.69, 9.17) is 14.2 Å². The first-order chi connectivity index (χ1) is 10.5. The first kappa shape index (κ1) is 17.7. The number of nitrogens with one attached hydrogen (secondary N) is 1. The van der Waals surface area contributed by atoms with Crippen LogP contribution in [0.5, 0.6) is 5.75 Å². The van der Waals surface area contributed by atoms with Gasteiger partial charge in [-0.2, -0.15) is 0 Å². The maximum absolute atomic E-state index is 5.74. The van der Waals surface area contributed by atoms with E-state index in [-0.39, 0.29) is 0 Å². The number of benzene rings is 1. The number of aryl methyl sites for hydroxylation is 1. The van der Waals surface area contributed by atoms with Gasteiger partial charge in [0.25, 0.3) is 0 Å². The molecule has 1 aromatic carbocycles. The van der Waals surface area contributed by atoms with Gasteiger partial charge >= 0.3 is 0 Å². The van der Waals surface area contributed by atoms with Crippen LogP contribution in [0.1, 0.15) is 19.4 Å². The van der Waals surface area contributed by atoms with Gasteiger partial charge in [-0.1, -0.05) is 6.07 Å². The molecule has 0 saturated carbocycles. The number of hydrogen-bond acceptors (Lipinski definition) is 3. The maximum Gasteiger partial charge on any atom is 0.133 e. The van der Waals surface area contributed by atoms with Gasteiger partial charge in [0.2, 0.25) is 0 Å². The standard InChI is InChI=1S/C17H26BrNO3/c1-13-4-5-17(16(18)10-13)21-9-8-20-7-6-19-11-14(2)22-15(3)12-19/h4-5,10,14-15H,6-9,11-12H2,1-3H3/p+1/t14-,15+. The highest BCUT2D eigenvalue weighted by molar-refractivity contribution is 9.10. The van der Waals surface area contributed by atoms with Gasteiger partial charge in [0.15, 0.2) is 0 Å². The van der Waals surface area contributed by atoms with E-state index in [1.54, 1.807) is 4.90 Å². The highest BCUT2D eigenvalue weighted by Crippen LogP contribution is 2.25. The highest BCUT2D eigenvalue weighted by atomic mass is 79.9. The number of halogens is 1. The fraction of sp³-hybridized carbons (Fsp3) is 0.647. The molecule has 5 heteroatoms. The molecule has 0 bridgehead atoms. The second-order valence-electron chi connectivity index (χ2n) is 6.06. The van der Waals surface area contributed by atoms with E-state index in [1.165, 1.54) is 5.56 Å². The van der Waals surface area contributed by atoms with Gasteiger partial charge in [-0.15, -0.1) is 0 Å². The molecule has 1 unspecified atom stereocenters. The van der Waals surface area contributed by atoms with E-state index in [9.17, 15) is 0 Å². The zero-order valence-corrected chi connectivity index (χ0v) is 15.3. The van der Waals surface area contributed by atoms with E-state index in [2.05, 4.69) is 42.8 Å². The lowest BCUT2D eigenvalue weighted by atomic mass is 10.2. The molecule has 3 atom stereocenters. The van der Waals surface area contributed by atoms with Gasteiger partial charge in [-0.05, 0) is 54.4 Å². The van der Waals surface area contributed by atoms with Crippen LogP contribution in [0.3, 0.4) is 0 Å². The summed E-state index contributed by atoms with van der Waals surface area (Å²) in [5, 5.41) is 0. The Bertz CT molecular complexity index is 459. The van der Waals surface area contributed by atoms with Crippen molar-refractivity contribution in [2.24, 2.45) is 0 Å². The molecule has 0 amide bonds. The van der Waals surface area contributed by atoms with Crippen LogP contribution in [-0.4, -0.2) is 51.7 Å². The summed E-state index contributed by atoms with van der Waals surface area (Å²) in [5.74, 6) is 0.871. The lowest BCUT2D eigenvalue weighted by Crippen LogP contribution is -3.15. The molecule has 0 spiro atoms. The Morgan fingerprint density at radius 1 is 1.18 bits per heavy atom. The molecule has 1 aliphatic rings. The number of rotatable bonds is 7. The molecular formula is C17H27BrNO3+. The Hall–Kier alpha value is -0.620. The Morgan fingerprint density at radius 2 is 1.91 bits per heavy atom. The van der Waals surface area contributed by atoms with Crippen molar-refractivity contribution in [2.45, 2.75) is 33.0 Å². The second kappa shape index (κ2) is 8.87. The lowest BCUT2D eigenvalue weighted by Gasteiger charge is -2.32. The third kappa shape index (κ3) is 5.88. The topological polar surface area (TPSA) is 32.1 Å². The van der Waals surface area contributed by atoms with Gasteiger partial charge in [-0.25, -0.2) is 0 Å². The Kier molecular flexibility index (Phi) is 7.15. The molecule has 124 valence electrons. The van der Waals surface area contributed by atoms with E-state index in [0.29, 0.717) is 25.4 Å². The van der Waals surface area contributed by atoms with Crippen LogP contribution in [0, 0.1) is 6.92 Å². The summed E-state index contributed by atoms with van der Waals surface area (Å²) in [4.78, 5) is 1.56. The molecule has 1 heterocycles. The molecule has 2 rings (SSSR count). The van der Waals surface area contributed by atoms with Crippen LogP contribution in [0.15, 0.2) is 22.7 Å². The van der Waals surface area contributed by atoms with E-state index < -0.39 is 0 Å². The summed E-state index contributed by atoms with van der Waals surface area (Å²) < 4.78 is 18.1. The average Bonchev–Trinajstić information content (AvgIpc) is 2.43. The van der Waals surface area contributed by atoms with Gasteiger partial charge in [-0.3, -0.25) is 0 Å². The van der Waals surface area contributed by atoms with Crippen molar-refractivity contribution in [1.29, 1.82) is 0 Å². The van der Waals surface area contributed by atoms with Crippen molar-refractivity contribution in [1.82, 2.24) is 0 Å². The average molecular weight is 373 g/mol. The van der Waals surface area contributed by atoms with Crippen LogP contribution in [0.4, 0.5) is 0 Å². The van der Waals surface area contributed by atoms with Crippen LogP contribution >= 0.6 is 15.9 Å². The van der Waals surface area contributed by atoms with Crippen LogP contribution < -0.4 is 9.64 Å². The van der Waals surface area contributed by atoms with Crippen LogP contribution in [0.25, 0.3) is 0 Å². The maximum atomic E-state index is 5.74. The Morgan fingerprint density at radius 3 is 2.59 bits per heavy atom. The molecule has 22 heavy (non-hydrogen) atoms. The first-order valence-corrected chi connectivity index (χ1v) is 8.79. The molecule has 1 N–H and O–H groups in total. The molecule has 0 aromatic heterocycles. The number of quaternary nitrogens is 1. The molecule has 0 aliphatic carbocycles. The van der Waals surface area contributed by atoms with Crippen molar-refractivity contribution in [3.8, 4) is 5.75 Å². The molecule has 1 saturated heterocycles. The van der Waals surface area contributed by atoms with Gasteiger partial charge in [0.05, 0.1) is 17.7 Å². The smallest absolute Gasteiger partial charge is 0.133 e. The minimum Gasteiger partial charge on any atom is -0.490 e. The Balaban J connectivity index is 1.57. The zero-order valence-electron chi connectivity index (χ0n) is 13.7. The van der Waals surface area contributed by atoms with Gasteiger partial charge < -0.3 is 19.1 Å². The minimum absolute atomic E-state index is 0.348. The number of hydrogen-bond donors (Lipinski definition) is 1. The highest BCUT2D eigenvalue weighted by Gasteiger charge is 2.24. The summed E-state index contributed by atoms with van der Waals surface area (Å²) in [7, 11) is 0. The molecular weight excluding hydrogens is 346 g/mol. The lowest BCUT2D eigenvalue weighted by molar-refractivity contribution is -0.915. The summed E-state index contributed by atoms with van der Waals surface area (Å²) in [6.45, 7) is 11.5. The third-order valence-corrected chi connectivity index (χ3v) is 4.41. The van der Waals surface area contributed by atoms with E-state index >= 15 is 0 Å². The van der Waals surface area contributed by atoms with Crippen molar-refractivity contribution in [3.05, 3.63) is 28.2 Å². The minimum atomic E-state index is 0.348. The molecule has 4 nitrogen and oxygen atoms in total. The summed E-state index contributed by atoms with van der Waals surface area (Å²) in [6, 6.07) is 6.09. The molecule has 1 aliphatic heterocycles. The van der Waals surface area contributed by atoms with Crippen molar-refractivity contribution >= 4 is 15.9 Å². The van der Waals surface area contributed by atoms with Crippen molar-refractivity contribution in [2.75, 3.05) is 39.5 Å². The van der Waals surface area contributed by atoms with Crippen molar-refractivity contribution in [3.63, 3.8) is 0 Å². The first-order valence-electron chi connectivity index (χ1n) is 8.00. The quantitative estimate of drug-likeness (QED) is 0.741. The SMILES string of the molecule is Cc1ccc(OCCOCC[NH+]2C[C@@H](C)O[C@@H](C)C2)c(Br)c1. The van der Waals surface area contributed by atoms with Gasteiger partial charge in [0, 0.05) is 0 Å². The van der Waals surface area contributed by atoms with Crippen molar-refractivity contribution < 1.29 is 19.1 Å². The Labute approximate surface area is 141 Å². The summed E-state index contributed by atoms with van der Waals surface area (Å²) in [5.41, 5.74) is 1.22. The third-order valence-electron chi connectivity index (χ3n) is 3.79. The van der Waals surface area contributed by atoms with E-state index in [0.717, 1.165) is 36.5 Å². The number of ether oxygens (including phenoxy) is 3. The molecule has 1 fully saturated rings.